The maximum Gasteiger partial charge on any atom is 0.417 e. The van der Waals surface area contributed by atoms with Crippen LogP contribution in [0.4, 0.5) is 27.1 Å². The number of hydrogen-bond donors (Lipinski definition) is 1. The van der Waals surface area contributed by atoms with E-state index in [1.54, 1.807) is 5.38 Å². The summed E-state index contributed by atoms with van der Waals surface area (Å²) in [5.41, 5.74) is -0.135. The number of alkyl halides is 3. The van der Waals surface area contributed by atoms with Gasteiger partial charge in [0.2, 0.25) is 5.91 Å². The van der Waals surface area contributed by atoms with E-state index in [0.717, 1.165) is 41.3 Å². The van der Waals surface area contributed by atoms with Crippen molar-refractivity contribution in [1.29, 1.82) is 0 Å². The predicted octanol–water partition coefficient (Wildman–Crippen LogP) is 5.23. The molecule has 2 heterocycles. The van der Waals surface area contributed by atoms with E-state index in [4.69, 9.17) is 0 Å². The highest BCUT2D eigenvalue weighted by Crippen LogP contribution is 2.30. The third kappa shape index (κ3) is 5.04. The van der Waals surface area contributed by atoms with E-state index in [1.165, 1.54) is 12.1 Å². The number of nitrogens with one attached hydrogen (secondary N) is 1. The second-order valence-corrected chi connectivity index (χ2v) is 7.24. The fraction of sp³-hybridized carbons (Fsp3) is 0.118. The molecule has 3 rings (SSSR count). The molecule has 0 saturated heterocycles. The van der Waals surface area contributed by atoms with E-state index in [2.05, 4.69) is 15.3 Å². The van der Waals surface area contributed by atoms with Crippen LogP contribution in [-0.4, -0.2) is 21.6 Å². The van der Waals surface area contributed by atoms with Crippen LogP contribution in [-0.2, 0) is 11.0 Å². The molecule has 2 aromatic heterocycles. The second kappa shape index (κ2) is 8.23. The summed E-state index contributed by atoms with van der Waals surface area (Å²) in [6, 6.07) is 5.43. The number of halogens is 5. The first-order chi connectivity index (χ1) is 13.2. The van der Waals surface area contributed by atoms with Crippen molar-refractivity contribution < 1.29 is 26.7 Å². The van der Waals surface area contributed by atoms with Crippen molar-refractivity contribution >= 4 is 34.1 Å². The van der Waals surface area contributed by atoms with E-state index in [9.17, 15) is 26.7 Å². The Balaban J connectivity index is 1.57. The Morgan fingerprint density at radius 3 is 2.57 bits per heavy atom. The molecule has 0 atom stereocenters. The largest absolute Gasteiger partial charge is 0.417 e. The predicted molar refractivity (Wildman–Crippen MR) is 96.1 cm³/mol. The van der Waals surface area contributed by atoms with E-state index in [-0.39, 0.29) is 15.9 Å². The van der Waals surface area contributed by atoms with E-state index in [0.29, 0.717) is 17.5 Å². The lowest BCUT2D eigenvalue weighted by Gasteiger charge is -2.06. The van der Waals surface area contributed by atoms with Crippen LogP contribution < -0.4 is 5.32 Å². The number of aromatic nitrogens is 2. The van der Waals surface area contributed by atoms with Crippen LogP contribution in [0, 0.1) is 11.6 Å². The van der Waals surface area contributed by atoms with E-state index < -0.39 is 29.3 Å². The lowest BCUT2D eigenvalue weighted by molar-refractivity contribution is -0.137. The molecule has 0 spiro atoms. The van der Waals surface area contributed by atoms with Gasteiger partial charge in [-0.2, -0.15) is 13.2 Å². The van der Waals surface area contributed by atoms with Crippen LogP contribution in [0.25, 0.3) is 11.3 Å². The van der Waals surface area contributed by atoms with Crippen LogP contribution in [0.5, 0.6) is 0 Å². The second-order valence-electron chi connectivity index (χ2n) is 5.39. The first-order valence-corrected chi connectivity index (χ1v) is 9.46. The summed E-state index contributed by atoms with van der Waals surface area (Å²) in [6.07, 6.45) is -3.77. The Bertz CT molecular complexity index is 989. The minimum atomic E-state index is -4.47. The molecule has 0 saturated carbocycles. The number of pyridine rings is 1. The van der Waals surface area contributed by atoms with Gasteiger partial charge in [0, 0.05) is 17.1 Å². The Labute approximate surface area is 163 Å². The van der Waals surface area contributed by atoms with Crippen molar-refractivity contribution in [2.45, 2.75) is 11.2 Å². The molecular formula is C17H10F5N3OS2. The van der Waals surface area contributed by atoms with Crippen molar-refractivity contribution in [1.82, 2.24) is 9.97 Å². The number of hydrogen-bond acceptors (Lipinski definition) is 5. The van der Waals surface area contributed by atoms with Crippen molar-refractivity contribution in [3.63, 3.8) is 0 Å². The molecule has 0 fully saturated rings. The smallest absolute Gasteiger partial charge is 0.301 e. The molecule has 0 radical (unpaired) electrons. The van der Waals surface area contributed by atoms with Gasteiger partial charge >= 0.3 is 6.18 Å². The summed E-state index contributed by atoms with van der Waals surface area (Å²) in [5.74, 6) is -2.49. The molecule has 1 aromatic carbocycles. The van der Waals surface area contributed by atoms with Gasteiger partial charge in [-0.15, -0.1) is 11.3 Å². The third-order valence-corrected chi connectivity index (χ3v) is 5.08. The number of benzene rings is 1. The number of nitrogens with zero attached hydrogens (tertiary/aromatic N) is 2. The van der Waals surface area contributed by atoms with Crippen molar-refractivity contribution in [3.05, 3.63) is 59.1 Å². The number of thioether (sulfide) groups is 1. The van der Waals surface area contributed by atoms with Gasteiger partial charge in [-0.3, -0.25) is 4.79 Å². The maximum atomic E-state index is 13.3. The number of carbonyl (C=O) groups is 1. The highest BCUT2D eigenvalue weighted by atomic mass is 32.2. The number of thiazole rings is 1. The lowest BCUT2D eigenvalue weighted by Crippen LogP contribution is -2.14. The molecule has 0 bridgehead atoms. The first-order valence-electron chi connectivity index (χ1n) is 7.59. The topological polar surface area (TPSA) is 54.9 Å². The third-order valence-electron chi connectivity index (χ3n) is 3.38. The molecule has 0 aliphatic heterocycles. The minimum Gasteiger partial charge on any atom is -0.301 e. The quantitative estimate of drug-likeness (QED) is 0.444. The summed E-state index contributed by atoms with van der Waals surface area (Å²) < 4.78 is 63.7. The van der Waals surface area contributed by atoms with E-state index >= 15 is 0 Å². The van der Waals surface area contributed by atoms with Crippen LogP contribution in [0.3, 0.4) is 0 Å². The van der Waals surface area contributed by atoms with Gasteiger partial charge in [0.25, 0.3) is 0 Å². The molecule has 0 aliphatic carbocycles. The number of anilines is 1. The van der Waals surface area contributed by atoms with Gasteiger partial charge in [-0.1, -0.05) is 11.8 Å². The fourth-order valence-corrected chi connectivity index (χ4v) is 3.43. The first kappa shape index (κ1) is 20.2. The van der Waals surface area contributed by atoms with E-state index in [1.807, 2.05) is 0 Å². The Morgan fingerprint density at radius 2 is 1.93 bits per heavy atom. The molecular weight excluding hydrogens is 421 g/mol. The van der Waals surface area contributed by atoms with Crippen molar-refractivity contribution in [3.8, 4) is 11.3 Å². The molecule has 1 amide bonds. The van der Waals surface area contributed by atoms with Crippen LogP contribution in [0.15, 0.2) is 46.9 Å². The fourth-order valence-electron chi connectivity index (χ4n) is 2.05. The molecule has 0 unspecified atom stereocenters. The van der Waals surface area contributed by atoms with Gasteiger partial charge in [0.05, 0.1) is 22.0 Å². The summed E-state index contributed by atoms with van der Waals surface area (Å²) in [5, 5.41) is 4.64. The lowest BCUT2D eigenvalue weighted by atomic mass is 10.2. The maximum absolute atomic E-state index is 13.3. The number of amides is 1. The SMILES string of the molecule is O=C(CSc1ccc(C(F)(F)F)cn1)Nc1nc(-c2ccc(F)c(F)c2)cs1. The minimum absolute atomic E-state index is 0.0849. The zero-order valence-corrected chi connectivity index (χ0v) is 15.4. The van der Waals surface area contributed by atoms with Crippen LogP contribution in [0.2, 0.25) is 0 Å². The monoisotopic (exact) mass is 431 g/mol. The van der Waals surface area contributed by atoms with Gasteiger partial charge in [-0.25, -0.2) is 18.7 Å². The average Bonchev–Trinajstić information content (AvgIpc) is 3.10. The molecule has 11 heteroatoms. The molecule has 1 N–H and O–H groups in total. The summed E-state index contributed by atoms with van der Waals surface area (Å²) >= 11 is 2.07. The Kier molecular flexibility index (Phi) is 5.94. The van der Waals surface area contributed by atoms with Gasteiger partial charge in [0.1, 0.15) is 0 Å². The highest BCUT2D eigenvalue weighted by Gasteiger charge is 2.30. The van der Waals surface area contributed by atoms with Gasteiger partial charge < -0.3 is 5.32 Å². The van der Waals surface area contributed by atoms with Gasteiger partial charge in [0.15, 0.2) is 16.8 Å². The molecule has 3 aromatic rings. The highest BCUT2D eigenvalue weighted by molar-refractivity contribution is 7.99. The van der Waals surface area contributed by atoms with Gasteiger partial charge in [-0.05, 0) is 30.3 Å². The van der Waals surface area contributed by atoms with Crippen molar-refractivity contribution in [2.75, 3.05) is 11.1 Å². The molecule has 146 valence electrons. The Hall–Kier alpha value is -2.53. The summed E-state index contributed by atoms with van der Waals surface area (Å²) in [6.45, 7) is 0. The molecule has 0 aliphatic rings. The molecule has 4 nitrogen and oxygen atoms in total. The normalized spacial score (nSPS) is 11.5. The standard InChI is InChI=1S/C17H10F5N3OS2/c18-11-3-1-9(5-12(11)19)13-7-28-16(24-13)25-14(26)8-27-15-4-2-10(6-23-15)17(20,21)22/h1-7H,8H2,(H,24,25,26). The zero-order chi connectivity index (χ0) is 20.3. The van der Waals surface area contributed by atoms with Crippen LogP contribution >= 0.6 is 23.1 Å². The number of rotatable bonds is 5. The average molecular weight is 431 g/mol. The zero-order valence-electron chi connectivity index (χ0n) is 13.8. The van der Waals surface area contributed by atoms with Crippen LogP contribution in [0.1, 0.15) is 5.56 Å². The summed E-state index contributed by atoms with van der Waals surface area (Å²) in [4.78, 5) is 19.8. The molecule has 28 heavy (non-hydrogen) atoms. The number of carbonyl (C=O) groups excluding carboxylic acids is 1. The summed E-state index contributed by atoms with van der Waals surface area (Å²) in [7, 11) is 0. The Morgan fingerprint density at radius 1 is 1.14 bits per heavy atom. The van der Waals surface area contributed by atoms with Crippen molar-refractivity contribution in [2.24, 2.45) is 0 Å².